The highest BCUT2D eigenvalue weighted by molar-refractivity contribution is 9.10. The Morgan fingerprint density at radius 3 is 2.30 bits per heavy atom. The van der Waals surface area contributed by atoms with Gasteiger partial charge in [-0.3, -0.25) is 0 Å². The molecule has 2 rings (SSSR count). The summed E-state index contributed by atoms with van der Waals surface area (Å²) in [6.07, 6.45) is 5.04. The third-order valence-corrected chi connectivity index (χ3v) is 5.96. The Labute approximate surface area is 128 Å². The fourth-order valence-electron chi connectivity index (χ4n) is 2.64. The van der Waals surface area contributed by atoms with Gasteiger partial charge in [0.2, 0.25) is 10.0 Å². The Morgan fingerprint density at radius 1 is 1.15 bits per heavy atom. The van der Waals surface area contributed by atoms with Crippen molar-refractivity contribution in [1.29, 1.82) is 0 Å². The summed E-state index contributed by atoms with van der Waals surface area (Å²) < 4.78 is 28.0. The lowest BCUT2D eigenvalue weighted by molar-refractivity contribution is 0.0867. The molecule has 0 amide bonds. The molecule has 0 bridgehead atoms. The van der Waals surface area contributed by atoms with Crippen LogP contribution in [0.1, 0.15) is 32.1 Å². The zero-order chi connectivity index (χ0) is 14.6. The quantitative estimate of drug-likeness (QED) is 0.846. The number of hydrogen-bond acceptors (Lipinski definition) is 3. The normalized spacial score (nSPS) is 18.9. The van der Waals surface area contributed by atoms with Gasteiger partial charge in [-0.05, 0) is 37.1 Å². The second-order valence-electron chi connectivity index (χ2n) is 5.50. The van der Waals surface area contributed by atoms with Crippen molar-refractivity contribution in [2.24, 2.45) is 5.41 Å². The highest BCUT2D eigenvalue weighted by Crippen LogP contribution is 2.35. The molecule has 0 aliphatic heterocycles. The summed E-state index contributed by atoms with van der Waals surface area (Å²) in [6.45, 7) is 0.345. The van der Waals surface area contributed by atoms with Gasteiger partial charge in [0, 0.05) is 23.0 Å². The maximum atomic E-state index is 12.2. The van der Waals surface area contributed by atoms with E-state index in [1.165, 1.54) is 6.42 Å². The lowest BCUT2D eigenvalue weighted by Gasteiger charge is -2.35. The van der Waals surface area contributed by atoms with Crippen molar-refractivity contribution in [2.45, 2.75) is 37.0 Å². The summed E-state index contributed by atoms with van der Waals surface area (Å²) in [5.41, 5.74) is -0.291. The first kappa shape index (κ1) is 15.9. The van der Waals surface area contributed by atoms with Crippen molar-refractivity contribution in [3.05, 3.63) is 28.7 Å². The molecule has 4 nitrogen and oxygen atoms in total. The maximum absolute atomic E-state index is 12.2. The van der Waals surface area contributed by atoms with Gasteiger partial charge in [0.15, 0.2) is 0 Å². The molecule has 2 N–H and O–H groups in total. The van der Waals surface area contributed by atoms with Crippen molar-refractivity contribution in [2.75, 3.05) is 13.2 Å². The Hall–Kier alpha value is -0.430. The first-order valence-electron chi connectivity index (χ1n) is 6.84. The molecule has 1 fully saturated rings. The molecule has 112 valence electrons. The number of rotatable bonds is 5. The largest absolute Gasteiger partial charge is 0.396 e. The number of aliphatic hydroxyl groups excluding tert-OH is 1. The van der Waals surface area contributed by atoms with Crippen LogP contribution in [0, 0.1) is 5.41 Å². The molecule has 0 unspecified atom stereocenters. The van der Waals surface area contributed by atoms with Crippen LogP contribution in [0.25, 0.3) is 0 Å². The van der Waals surface area contributed by atoms with Gasteiger partial charge >= 0.3 is 0 Å². The van der Waals surface area contributed by atoms with Crippen molar-refractivity contribution in [3.63, 3.8) is 0 Å². The Balaban J connectivity index is 2.06. The average molecular weight is 362 g/mol. The van der Waals surface area contributed by atoms with E-state index in [9.17, 15) is 13.5 Å². The van der Waals surface area contributed by atoms with Crippen LogP contribution in [0.4, 0.5) is 0 Å². The summed E-state index contributed by atoms with van der Waals surface area (Å²) in [5.74, 6) is 0. The maximum Gasteiger partial charge on any atom is 0.240 e. The molecule has 1 aliphatic carbocycles. The first-order valence-corrected chi connectivity index (χ1v) is 9.11. The van der Waals surface area contributed by atoms with Gasteiger partial charge < -0.3 is 5.11 Å². The molecule has 0 heterocycles. The molecule has 20 heavy (non-hydrogen) atoms. The van der Waals surface area contributed by atoms with Crippen LogP contribution in [0.2, 0.25) is 0 Å². The fraction of sp³-hybridized carbons (Fsp3) is 0.571. The lowest BCUT2D eigenvalue weighted by atomic mass is 9.75. The van der Waals surface area contributed by atoms with Crippen LogP contribution in [0.15, 0.2) is 33.6 Å². The third-order valence-electron chi connectivity index (χ3n) is 4.01. The molecule has 0 radical (unpaired) electrons. The Kier molecular flexibility index (Phi) is 5.23. The van der Waals surface area contributed by atoms with Gasteiger partial charge in [-0.2, -0.15) is 0 Å². The van der Waals surface area contributed by atoms with E-state index >= 15 is 0 Å². The van der Waals surface area contributed by atoms with E-state index in [-0.39, 0.29) is 16.9 Å². The number of halogens is 1. The van der Waals surface area contributed by atoms with Crippen LogP contribution < -0.4 is 4.72 Å². The van der Waals surface area contributed by atoms with E-state index in [2.05, 4.69) is 20.7 Å². The Morgan fingerprint density at radius 2 is 1.75 bits per heavy atom. The predicted octanol–water partition coefficient (Wildman–Crippen LogP) is 2.67. The van der Waals surface area contributed by atoms with E-state index in [1.807, 2.05) is 0 Å². The number of sulfonamides is 1. The predicted molar refractivity (Wildman–Crippen MR) is 81.9 cm³/mol. The molecule has 0 saturated heterocycles. The van der Waals surface area contributed by atoms with E-state index in [4.69, 9.17) is 0 Å². The third kappa shape index (κ3) is 3.81. The first-order chi connectivity index (χ1) is 9.47. The van der Waals surface area contributed by atoms with Crippen LogP contribution in [-0.4, -0.2) is 26.7 Å². The summed E-state index contributed by atoms with van der Waals surface area (Å²) in [4.78, 5) is 0.254. The molecule has 1 aromatic rings. The fourth-order valence-corrected chi connectivity index (χ4v) is 4.06. The van der Waals surface area contributed by atoms with E-state index in [1.54, 1.807) is 24.3 Å². The van der Waals surface area contributed by atoms with Gasteiger partial charge in [0.25, 0.3) is 0 Å². The van der Waals surface area contributed by atoms with Crippen molar-refractivity contribution < 1.29 is 13.5 Å². The second-order valence-corrected chi connectivity index (χ2v) is 8.18. The van der Waals surface area contributed by atoms with Crippen LogP contribution in [-0.2, 0) is 10.0 Å². The van der Waals surface area contributed by atoms with E-state index in [0.717, 1.165) is 30.2 Å². The summed E-state index contributed by atoms with van der Waals surface area (Å²) >= 11 is 3.29. The van der Waals surface area contributed by atoms with Crippen molar-refractivity contribution >= 4 is 26.0 Å². The van der Waals surface area contributed by atoms with E-state index < -0.39 is 10.0 Å². The minimum absolute atomic E-state index is 0.0376. The van der Waals surface area contributed by atoms with Crippen molar-refractivity contribution in [3.8, 4) is 0 Å². The van der Waals surface area contributed by atoms with Crippen molar-refractivity contribution in [1.82, 2.24) is 4.72 Å². The highest BCUT2D eigenvalue weighted by atomic mass is 79.9. The van der Waals surface area contributed by atoms with E-state index in [0.29, 0.717) is 6.54 Å². The number of aliphatic hydroxyl groups is 1. The number of benzene rings is 1. The minimum atomic E-state index is -3.51. The van der Waals surface area contributed by atoms with Crippen LogP contribution >= 0.6 is 15.9 Å². The highest BCUT2D eigenvalue weighted by Gasteiger charge is 2.32. The molecular weight excluding hydrogens is 342 g/mol. The standard InChI is InChI=1S/C14H20BrNO3S/c15-12-4-6-13(7-5-12)20(18,19)16-10-14(11-17)8-2-1-3-9-14/h4-7,16-17H,1-3,8-11H2. The minimum Gasteiger partial charge on any atom is -0.396 e. The number of nitrogens with one attached hydrogen (secondary N) is 1. The molecule has 1 saturated carbocycles. The summed E-state index contributed by atoms with van der Waals surface area (Å²) in [6, 6.07) is 6.55. The van der Waals surface area contributed by atoms with Crippen LogP contribution in [0.3, 0.4) is 0 Å². The zero-order valence-electron chi connectivity index (χ0n) is 11.3. The molecule has 1 aromatic carbocycles. The monoisotopic (exact) mass is 361 g/mol. The summed E-state index contributed by atoms with van der Waals surface area (Å²) in [7, 11) is -3.51. The zero-order valence-corrected chi connectivity index (χ0v) is 13.7. The summed E-state index contributed by atoms with van der Waals surface area (Å²) in [5, 5.41) is 9.60. The molecule has 6 heteroatoms. The molecule has 0 aromatic heterocycles. The Bertz CT molecular complexity index is 536. The second kappa shape index (κ2) is 6.56. The molecular formula is C14H20BrNO3S. The smallest absolute Gasteiger partial charge is 0.240 e. The van der Waals surface area contributed by atoms with Gasteiger partial charge in [-0.25, -0.2) is 13.1 Å². The molecule has 0 spiro atoms. The molecule has 1 aliphatic rings. The topological polar surface area (TPSA) is 66.4 Å². The lowest BCUT2D eigenvalue weighted by Crippen LogP contribution is -2.41. The van der Waals surface area contributed by atoms with Gasteiger partial charge in [0.1, 0.15) is 0 Å². The SMILES string of the molecule is O=S(=O)(NCC1(CO)CCCCC1)c1ccc(Br)cc1. The average Bonchev–Trinajstić information content (AvgIpc) is 2.47. The van der Waals surface area contributed by atoms with Gasteiger partial charge in [-0.1, -0.05) is 35.2 Å². The van der Waals surface area contributed by atoms with Gasteiger partial charge in [-0.15, -0.1) is 0 Å². The number of hydrogen-bond donors (Lipinski definition) is 2. The van der Waals surface area contributed by atoms with Gasteiger partial charge in [0.05, 0.1) is 4.90 Å². The molecule has 0 atom stereocenters. The van der Waals surface area contributed by atoms with Crippen LogP contribution in [0.5, 0.6) is 0 Å².